The number of amides is 1. The molecule has 2 nitrogen and oxygen atoms in total. The molecular formula is C31H63NO. The number of rotatable bonds is 27. The van der Waals surface area contributed by atoms with Crippen LogP contribution in [0.4, 0.5) is 0 Å². The molecule has 0 heterocycles. The van der Waals surface area contributed by atoms with E-state index in [0.717, 1.165) is 12.8 Å². The van der Waals surface area contributed by atoms with Gasteiger partial charge in [0.15, 0.2) is 0 Å². The van der Waals surface area contributed by atoms with Crippen LogP contribution in [-0.2, 0) is 4.79 Å². The minimum atomic E-state index is 0.251. The Morgan fingerprint density at radius 1 is 0.455 bits per heavy atom. The number of carbonyl (C=O) groups is 1. The molecule has 0 spiro atoms. The van der Waals surface area contributed by atoms with E-state index in [1.807, 2.05) is 0 Å². The minimum Gasteiger partial charge on any atom is -0.359 e. The van der Waals surface area contributed by atoms with Crippen LogP contribution in [0.1, 0.15) is 181 Å². The average molecular weight is 466 g/mol. The number of hydrogen-bond donors (Lipinski definition) is 1. The molecule has 1 unspecified atom stereocenters. The van der Waals surface area contributed by atoms with Gasteiger partial charge in [0.25, 0.3) is 0 Å². The average Bonchev–Trinajstić information content (AvgIpc) is 2.83. The second kappa shape index (κ2) is 27.7. The topological polar surface area (TPSA) is 29.1 Å². The lowest BCUT2D eigenvalue weighted by molar-refractivity contribution is -0.125. The third kappa shape index (κ3) is 24.4. The van der Waals surface area contributed by atoms with Crippen molar-refractivity contribution in [3.63, 3.8) is 0 Å². The van der Waals surface area contributed by atoms with Crippen molar-refractivity contribution in [3.8, 4) is 0 Å². The highest BCUT2D eigenvalue weighted by Gasteiger charge is 2.16. The third-order valence-corrected chi connectivity index (χ3v) is 7.43. The fourth-order valence-electron chi connectivity index (χ4n) is 5.07. The van der Waals surface area contributed by atoms with Crippen LogP contribution in [0.2, 0.25) is 0 Å². The Morgan fingerprint density at radius 3 is 0.939 bits per heavy atom. The van der Waals surface area contributed by atoms with Crippen LogP contribution in [0.25, 0.3) is 0 Å². The van der Waals surface area contributed by atoms with E-state index in [-0.39, 0.29) is 11.8 Å². The maximum atomic E-state index is 12.3. The number of unbranched alkanes of at least 4 members (excludes halogenated alkanes) is 22. The van der Waals surface area contributed by atoms with Gasteiger partial charge in [-0.1, -0.05) is 168 Å². The van der Waals surface area contributed by atoms with Crippen LogP contribution < -0.4 is 5.32 Å². The Morgan fingerprint density at radius 2 is 0.697 bits per heavy atom. The summed E-state index contributed by atoms with van der Waals surface area (Å²) in [5, 5.41) is 2.91. The Hall–Kier alpha value is -0.530. The third-order valence-electron chi connectivity index (χ3n) is 7.43. The van der Waals surface area contributed by atoms with E-state index in [1.165, 1.54) is 154 Å². The Bertz CT molecular complexity index is 381. The molecule has 2 heteroatoms. The fourth-order valence-corrected chi connectivity index (χ4v) is 5.07. The lowest BCUT2D eigenvalue weighted by atomic mass is 9.93. The van der Waals surface area contributed by atoms with Crippen molar-refractivity contribution in [1.29, 1.82) is 0 Å². The molecule has 0 rings (SSSR count). The van der Waals surface area contributed by atoms with Gasteiger partial charge in [0, 0.05) is 13.0 Å². The maximum absolute atomic E-state index is 12.3. The van der Waals surface area contributed by atoms with Crippen molar-refractivity contribution in [2.24, 2.45) is 5.92 Å². The molecular weight excluding hydrogens is 402 g/mol. The zero-order chi connectivity index (χ0) is 24.2. The van der Waals surface area contributed by atoms with E-state index in [4.69, 9.17) is 0 Å². The van der Waals surface area contributed by atoms with Gasteiger partial charge in [0.1, 0.15) is 0 Å². The maximum Gasteiger partial charge on any atom is 0.222 e. The summed E-state index contributed by atoms with van der Waals surface area (Å²) in [7, 11) is 1.80. The molecule has 0 fully saturated rings. The second-order valence-electron chi connectivity index (χ2n) is 10.7. The highest BCUT2D eigenvalue weighted by atomic mass is 16.1. The van der Waals surface area contributed by atoms with Crippen molar-refractivity contribution in [1.82, 2.24) is 5.32 Å². The predicted molar refractivity (Wildman–Crippen MR) is 149 cm³/mol. The molecule has 33 heavy (non-hydrogen) atoms. The molecule has 0 radical (unpaired) electrons. The molecule has 1 atom stereocenters. The van der Waals surface area contributed by atoms with Gasteiger partial charge in [0.05, 0.1) is 0 Å². The first kappa shape index (κ1) is 32.5. The summed E-state index contributed by atoms with van der Waals surface area (Å²) in [5.41, 5.74) is 0. The first-order valence-electron chi connectivity index (χ1n) is 15.5. The molecule has 0 saturated carbocycles. The number of carbonyl (C=O) groups excluding carboxylic acids is 1. The second-order valence-corrected chi connectivity index (χ2v) is 10.7. The Balaban J connectivity index is 3.53. The molecule has 0 aromatic carbocycles. The zero-order valence-electron chi connectivity index (χ0n) is 23.4. The fraction of sp³-hybridized carbons (Fsp3) is 0.968. The van der Waals surface area contributed by atoms with Gasteiger partial charge in [-0.2, -0.15) is 0 Å². The summed E-state index contributed by atoms with van der Waals surface area (Å²) in [6.45, 7) is 4.57. The molecule has 0 aromatic heterocycles. The van der Waals surface area contributed by atoms with Crippen molar-refractivity contribution in [2.75, 3.05) is 7.05 Å². The molecule has 198 valence electrons. The SMILES string of the molecule is CCCCCCCCCCCCCCCCC(CCCCCCCCCCCC)C(=O)NC. The van der Waals surface area contributed by atoms with Crippen molar-refractivity contribution < 1.29 is 4.79 Å². The quantitative estimate of drug-likeness (QED) is 0.120. The van der Waals surface area contributed by atoms with Gasteiger partial charge < -0.3 is 5.32 Å². The number of hydrogen-bond acceptors (Lipinski definition) is 1. The summed E-state index contributed by atoms with van der Waals surface area (Å²) >= 11 is 0. The zero-order valence-corrected chi connectivity index (χ0v) is 23.4. The molecule has 0 bridgehead atoms. The summed E-state index contributed by atoms with van der Waals surface area (Å²) in [4.78, 5) is 12.3. The first-order valence-corrected chi connectivity index (χ1v) is 15.5. The van der Waals surface area contributed by atoms with Crippen molar-refractivity contribution >= 4 is 5.91 Å². The van der Waals surface area contributed by atoms with Gasteiger partial charge in [0.2, 0.25) is 5.91 Å². The van der Waals surface area contributed by atoms with E-state index in [9.17, 15) is 4.79 Å². The lowest BCUT2D eigenvalue weighted by Crippen LogP contribution is -2.27. The Labute approximate surface area is 209 Å². The largest absolute Gasteiger partial charge is 0.359 e. The standard InChI is InChI=1S/C31H63NO/c1-4-6-8-10-12-14-16-17-18-19-21-23-25-27-29-30(31(33)32-3)28-26-24-22-20-15-13-11-9-7-5-2/h30H,4-29H2,1-3H3,(H,32,33). The van der Waals surface area contributed by atoms with E-state index in [1.54, 1.807) is 7.05 Å². The molecule has 1 amide bonds. The van der Waals surface area contributed by atoms with E-state index < -0.39 is 0 Å². The van der Waals surface area contributed by atoms with Crippen LogP contribution in [0.3, 0.4) is 0 Å². The Kier molecular flexibility index (Phi) is 27.3. The van der Waals surface area contributed by atoms with Crippen LogP contribution in [0.5, 0.6) is 0 Å². The van der Waals surface area contributed by atoms with E-state index in [0.29, 0.717) is 0 Å². The van der Waals surface area contributed by atoms with Crippen LogP contribution >= 0.6 is 0 Å². The smallest absolute Gasteiger partial charge is 0.222 e. The number of nitrogens with one attached hydrogen (secondary N) is 1. The van der Waals surface area contributed by atoms with Gasteiger partial charge in [-0.25, -0.2) is 0 Å². The highest BCUT2D eigenvalue weighted by Crippen LogP contribution is 2.20. The van der Waals surface area contributed by atoms with Gasteiger partial charge in [-0.05, 0) is 12.8 Å². The highest BCUT2D eigenvalue weighted by molar-refractivity contribution is 5.78. The molecule has 1 N–H and O–H groups in total. The van der Waals surface area contributed by atoms with Crippen LogP contribution in [0.15, 0.2) is 0 Å². The summed E-state index contributed by atoms with van der Waals surface area (Å²) in [5.74, 6) is 0.530. The van der Waals surface area contributed by atoms with E-state index >= 15 is 0 Å². The van der Waals surface area contributed by atoms with Gasteiger partial charge >= 0.3 is 0 Å². The normalized spacial score (nSPS) is 12.2. The van der Waals surface area contributed by atoms with Gasteiger partial charge in [-0.15, -0.1) is 0 Å². The minimum absolute atomic E-state index is 0.251. The van der Waals surface area contributed by atoms with Crippen LogP contribution in [0, 0.1) is 5.92 Å². The molecule has 0 aliphatic heterocycles. The molecule has 0 aliphatic carbocycles. The first-order chi connectivity index (χ1) is 16.3. The van der Waals surface area contributed by atoms with Crippen molar-refractivity contribution in [3.05, 3.63) is 0 Å². The summed E-state index contributed by atoms with van der Waals surface area (Å²) in [6.07, 6.45) is 35.4. The monoisotopic (exact) mass is 465 g/mol. The molecule has 0 aliphatic rings. The molecule has 0 saturated heterocycles. The van der Waals surface area contributed by atoms with Crippen molar-refractivity contribution in [2.45, 2.75) is 181 Å². The van der Waals surface area contributed by atoms with Crippen LogP contribution in [-0.4, -0.2) is 13.0 Å². The predicted octanol–water partition coefficient (Wildman–Crippen LogP) is 10.5. The van der Waals surface area contributed by atoms with Gasteiger partial charge in [-0.3, -0.25) is 4.79 Å². The summed E-state index contributed by atoms with van der Waals surface area (Å²) < 4.78 is 0. The lowest BCUT2D eigenvalue weighted by Gasteiger charge is -2.15. The molecule has 0 aromatic rings. The van der Waals surface area contributed by atoms with E-state index in [2.05, 4.69) is 19.2 Å². The summed E-state index contributed by atoms with van der Waals surface area (Å²) in [6, 6.07) is 0.